The summed E-state index contributed by atoms with van der Waals surface area (Å²) in [5.41, 5.74) is 1.14. The van der Waals surface area contributed by atoms with Crippen molar-refractivity contribution >= 4 is 11.6 Å². The molecule has 0 radical (unpaired) electrons. The molecule has 1 aromatic carbocycles. The number of anilines is 1. The Morgan fingerprint density at radius 3 is 2.85 bits per heavy atom. The quantitative estimate of drug-likeness (QED) is 0.878. The third kappa shape index (κ3) is 2.63. The molecule has 1 heterocycles. The predicted octanol–water partition coefficient (Wildman–Crippen LogP) is 1.51. The molecule has 2 rings (SSSR count). The highest BCUT2D eigenvalue weighted by atomic mass is 19.1. The molecule has 1 unspecified atom stereocenters. The van der Waals surface area contributed by atoms with Crippen LogP contribution in [-0.2, 0) is 11.3 Å². The number of rotatable bonds is 4. The molecule has 0 aliphatic carbocycles. The lowest BCUT2D eigenvalue weighted by molar-refractivity contribution is -0.128. The molecule has 4 nitrogen and oxygen atoms in total. The highest BCUT2D eigenvalue weighted by Crippen LogP contribution is 2.35. The minimum Gasteiger partial charge on any atom is -0.370 e. The summed E-state index contributed by atoms with van der Waals surface area (Å²) >= 11 is 0. The van der Waals surface area contributed by atoms with Gasteiger partial charge in [0.15, 0.2) is 0 Å². The van der Waals surface area contributed by atoms with E-state index in [0.29, 0.717) is 18.7 Å². The first-order valence-electron chi connectivity index (χ1n) is 6.91. The maximum absolute atomic E-state index is 14.0. The summed E-state index contributed by atoms with van der Waals surface area (Å²) < 4.78 is 14.0. The van der Waals surface area contributed by atoms with Gasteiger partial charge in [-0.1, -0.05) is 6.07 Å². The van der Waals surface area contributed by atoms with Gasteiger partial charge in [-0.05, 0) is 32.5 Å². The van der Waals surface area contributed by atoms with Gasteiger partial charge in [0.05, 0.1) is 5.41 Å². The van der Waals surface area contributed by atoms with E-state index in [1.807, 2.05) is 13.0 Å². The van der Waals surface area contributed by atoms with Gasteiger partial charge in [0.25, 0.3) is 0 Å². The van der Waals surface area contributed by atoms with Crippen LogP contribution in [0.2, 0.25) is 0 Å². The van der Waals surface area contributed by atoms with Crippen LogP contribution in [-0.4, -0.2) is 33.1 Å². The van der Waals surface area contributed by atoms with Gasteiger partial charge in [0.2, 0.25) is 5.91 Å². The molecule has 1 amide bonds. The molecule has 20 heavy (non-hydrogen) atoms. The minimum absolute atomic E-state index is 0.0477. The van der Waals surface area contributed by atoms with Crippen molar-refractivity contribution in [2.75, 3.05) is 32.1 Å². The average Bonchev–Trinajstić information content (AvgIpc) is 2.84. The van der Waals surface area contributed by atoms with E-state index in [1.165, 1.54) is 6.07 Å². The molecular weight excluding hydrogens is 257 g/mol. The SMILES string of the molecule is CNCc1c(F)cccc1N1CCC(C)(C(=O)NC)C1. The van der Waals surface area contributed by atoms with E-state index in [1.54, 1.807) is 20.2 Å². The van der Waals surface area contributed by atoms with Gasteiger partial charge >= 0.3 is 0 Å². The van der Waals surface area contributed by atoms with E-state index in [2.05, 4.69) is 15.5 Å². The average molecular weight is 279 g/mol. The maximum atomic E-state index is 14.0. The number of halogens is 1. The highest BCUT2D eigenvalue weighted by molar-refractivity contribution is 5.83. The number of benzene rings is 1. The Bertz CT molecular complexity index is 506. The number of nitrogens with one attached hydrogen (secondary N) is 2. The van der Waals surface area contributed by atoms with E-state index < -0.39 is 5.41 Å². The maximum Gasteiger partial charge on any atom is 0.227 e. The topological polar surface area (TPSA) is 44.4 Å². The summed E-state index contributed by atoms with van der Waals surface area (Å²) in [4.78, 5) is 14.1. The third-order valence-corrected chi connectivity index (χ3v) is 4.04. The molecule has 0 aromatic heterocycles. The fraction of sp³-hybridized carbons (Fsp3) is 0.533. The van der Waals surface area contributed by atoms with Gasteiger partial charge in [0, 0.05) is 37.9 Å². The molecule has 1 atom stereocenters. The van der Waals surface area contributed by atoms with Crippen molar-refractivity contribution in [2.24, 2.45) is 5.41 Å². The van der Waals surface area contributed by atoms with Crippen molar-refractivity contribution in [1.82, 2.24) is 10.6 Å². The van der Waals surface area contributed by atoms with Gasteiger partial charge in [-0.15, -0.1) is 0 Å². The molecule has 5 heteroatoms. The number of amides is 1. The molecule has 1 aliphatic rings. The van der Waals surface area contributed by atoms with Crippen LogP contribution in [0.1, 0.15) is 18.9 Å². The van der Waals surface area contributed by atoms with Crippen LogP contribution < -0.4 is 15.5 Å². The summed E-state index contributed by atoms with van der Waals surface area (Å²) in [7, 11) is 3.46. The van der Waals surface area contributed by atoms with E-state index in [9.17, 15) is 9.18 Å². The van der Waals surface area contributed by atoms with E-state index >= 15 is 0 Å². The largest absolute Gasteiger partial charge is 0.370 e. The Morgan fingerprint density at radius 2 is 2.20 bits per heavy atom. The van der Waals surface area contributed by atoms with Crippen LogP contribution in [0, 0.1) is 11.2 Å². The van der Waals surface area contributed by atoms with Crippen LogP contribution in [0.25, 0.3) is 0 Å². The lowest BCUT2D eigenvalue weighted by Crippen LogP contribution is -2.39. The fourth-order valence-electron chi connectivity index (χ4n) is 2.85. The zero-order chi connectivity index (χ0) is 14.8. The van der Waals surface area contributed by atoms with E-state index in [-0.39, 0.29) is 11.7 Å². The number of carbonyl (C=O) groups is 1. The second-order valence-corrected chi connectivity index (χ2v) is 5.58. The van der Waals surface area contributed by atoms with Crippen molar-refractivity contribution < 1.29 is 9.18 Å². The Labute approximate surface area is 119 Å². The minimum atomic E-state index is -0.405. The van der Waals surface area contributed by atoms with Crippen molar-refractivity contribution in [3.05, 3.63) is 29.6 Å². The van der Waals surface area contributed by atoms with Crippen molar-refractivity contribution in [1.29, 1.82) is 0 Å². The molecule has 0 bridgehead atoms. The van der Waals surface area contributed by atoms with Crippen LogP contribution in [0.3, 0.4) is 0 Å². The van der Waals surface area contributed by atoms with Crippen molar-refractivity contribution in [3.8, 4) is 0 Å². The third-order valence-electron chi connectivity index (χ3n) is 4.04. The first-order valence-corrected chi connectivity index (χ1v) is 6.91. The zero-order valence-corrected chi connectivity index (χ0v) is 12.3. The number of hydrogen-bond donors (Lipinski definition) is 2. The second-order valence-electron chi connectivity index (χ2n) is 5.58. The number of carbonyl (C=O) groups excluding carboxylic acids is 1. The van der Waals surface area contributed by atoms with E-state index in [4.69, 9.17) is 0 Å². The second kappa shape index (κ2) is 5.79. The number of hydrogen-bond acceptors (Lipinski definition) is 3. The Balaban J connectivity index is 2.26. The lowest BCUT2D eigenvalue weighted by atomic mass is 9.89. The standard InChI is InChI=1S/C15H22FN3O/c1-15(14(20)18-3)7-8-19(10-15)13-6-4-5-12(16)11(13)9-17-2/h4-6,17H,7-10H2,1-3H3,(H,18,20). The molecule has 1 aliphatic heterocycles. The Morgan fingerprint density at radius 1 is 1.45 bits per heavy atom. The molecule has 2 N–H and O–H groups in total. The molecule has 110 valence electrons. The predicted molar refractivity (Wildman–Crippen MR) is 78.2 cm³/mol. The summed E-state index contributed by atoms with van der Waals surface area (Å²) in [6.45, 7) is 3.83. The van der Waals surface area contributed by atoms with Gasteiger partial charge in [-0.2, -0.15) is 0 Å². The van der Waals surface area contributed by atoms with Crippen LogP contribution >= 0.6 is 0 Å². The van der Waals surface area contributed by atoms with Gasteiger partial charge in [-0.3, -0.25) is 4.79 Å². The molecule has 1 saturated heterocycles. The van der Waals surface area contributed by atoms with Gasteiger partial charge < -0.3 is 15.5 Å². The van der Waals surface area contributed by atoms with Gasteiger partial charge in [0.1, 0.15) is 5.82 Å². The number of nitrogens with zero attached hydrogens (tertiary/aromatic N) is 1. The summed E-state index contributed by atoms with van der Waals surface area (Å²) in [5.74, 6) is -0.156. The van der Waals surface area contributed by atoms with Crippen LogP contribution in [0.5, 0.6) is 0 Å². The van der Waals surface area contributed by atoms with E-state index in [0.717, 1.165) is 18.7 Å². The monoisotopic (exact) mass is 279 g/mol. The summed E-state index contributed by atoms with van der Waals surface area (Å²) in [6, 6.07) is 5.12. The van der Waals surface area contributed by atoms with Gasteiger partial charge in [-0.25, -0.2) is 4.39 Å². The molecule has 0 saturated carbocycles. The highest BCUT2D eigenvalue weighted by Gasteiger charge is 2.40. The Kier molecular flexibility index (Phi) is 4.28. The molecule has 1 aromatic rings. The van der Waals surface area contributed by atoms with Crippen molar-refractivity contribution in [2.45, 2.75) is 19.9 Å². The van der Waals surface area contributed by atoms with Crippen molar-refractivity contribution in [3.63, 3.8) is 0 Å². The summed E-state index contributed by atoms with van der Waals surface area (Å²) in [6.07, 6.45) is 0.780. The first kappa shape index (κ1) is 14.8. The first-order chi connectivity index (χ1) is 9.51. The molecule has 0 spiro atoms. The van der Waals surface area contributed by atoms with Crippen LogP contribution in [0.15, 0.2) is 18.2 Å². The zero-order valence-electron chi connectivity index (χ0n) is 12.3. The molecule has 1 fully saturated rings. The molecular formula is C15H22FN3O. The summed E-state index contributed by atoms with van der Waals surface area (Å²) in [5, 5.41) is 5.72. The van der Waals surface area contributed by atoms with Crippen LogP contribution in [0.4, 0.5) is 10.1 Å². The fourth-order valence-corrected chi connectivity index (χ4v) is 2.85. The smallest absolute Gasteiger partial charge is 0.227 e. The normalized spacial score (nSPS) is 22.1. The lowest BCUT2D eigenvalue weighted by Gasteiger charge is -2.25. The Hall–Kier alpha value is -1.62.